The van der Waals surface area contributed by atoms with Crippen LogP contribution in [0, 0.1) is 0 Å². The quantitative estimate of drug-likeness (QED) is 0.363. The van der Waals surface area contributed by atoms with Crippen LogP contribution in [-0.2, 0) is 0 Å². The van der Waals surface area contributed by atoms with E-state index in [0.717, 1.165) is 6.67 Å². The number of hydrazine groups is 1. The average Bonchev–Trinajstić information content (AvgIpc) is 1.79. The number of nitrogens with zero attached hydrogens (tertiary/aromatic N) is 2. The summed E-state index contributed by atoms with van der Waals surface area (Å²) in [5, 5.41) is 4.25. The third kappa shape index (κ3) is 0.412. The van der Waals surface area contributed by atoms with Gasteiger partial charge in [0.05, 0.1) is 6.67 Å². The predicted octanol–water partition coefficient (Wildman–Crippen LogP) is -0.264. The van der Waals surface area contributed by atoms with Gasteiger partial charge in [-0.25, -0.2) is 10.0 Å². The van der Waals surface area contributed by atoms with Crippen molar-refractivity contribution in [3.05, 3.63) is 0 Å². The molecule has 5 heavy (non-hydrogen) atoms. The Balaban J connectivity index is 2.20. The Morgan fingerprint density at radius 3 is 1.40 bits per heavy atom. The lowest BCUT2D eigenvalue weighted by atomic mass is 11.2. The Morgan fingerprint density at radius 2 is 1.40 bits per heavy atom. The molecule has 0 aliphatic carbocycles. The summed E-state index contributed by atoms with van der Waals surface area (Å²) in [7, 11) is 4.11. The molecule has 30 valence electrons. The van der Waals surface area contributed by atoms with E-state index in [1.807, 2.05) is 0 Å². The lowest BCUT2D eigenvalue weighted by Gasteiger charge is -1.79. The van der Waals surface area contributed by atoms with Crippen molar-refractivity contribution < 1.29 is 0 Å². The van der Waals surface area contributed by atoms with Gasteiger partial charge in [-0.05, 0) is 0 Å². The zero-order valence-corrected chi connectivity index (χ0v) is 3.60. The summed E-state index contributed by atoms with van der Waals surface area (Å²) in [4.78, 5) is 0. The predicted molar refractivity (Wildman–Crippen MR) is 20.4 cm³/mol. The highest BCUT2D eigenvalue weighted by Gasteiger charge is 2.18. The largest absolute Gasteiger partial charge is 0.228 e. The standard InChI is InChI=1S/C3H8N2/c1-4-3-5(4)2/h3H2,1-2H3. The van der Waals surface area contributed by atoms with Gasteiger partial charge in [-0.15, -0.1) is 0 Å². The molecule has 1 rings (SSSR count). The average molecular weight is 72.1 g/mol. The lowest BCUT2D eigenvalue weighted by molar-refractivity contribution is 0.412. The van der Waals surface area contributed by atoms with Crippen molar-refractivity contribution in [3.63, 3.8) is 0 Å². The minimum atomic E-state index is 1.14. The molecule has 0 radical (unpaired) electrons. The fourth-order valence-corrected chi connectivity index (χ4v) is 0.268. The molecular formula is C3H8N2. The van der Waals surface area contributed by atoms with Crippen LogP contribution in [0.5, 0.6) is 0 Å². The van der Waals surface area contributed by atoms with Gasteiger partial charge in [0.25, 0.3) is 0 Å². The van der Waals surface area contributed by atoms with Crippen LogP contribution in [0.2, 0.25) is 0 Å². The SMILES string of the molecule is CN1CN1C. The molecule has 0 aromatic rings. The van der Waals surface area contributed by atoms with E-state index in [0.29, 0.717) is 0 Å². The fraction of sp³-hybridized carbons (Fsp3) is 1.00. The molecule has 2 heteroatoms. The first-order chi connectivity index (χ1) is 2.30. The molecule has 2 atom stereocenters. The highest BCUT2D eigenvalue weighted by molar-refractivity contribution is 4.53. The van der Waals surface area contributed by atoms with Gasteiger partial charge < -0.3 is 0 Å². The molecule has 2 unspecified atom stereocenters. The van der Waals surface area contributed by atoms with Gasteiger partial charge in [0, 0.05) is 14.1 Å². The molecule has 1 heterocycles. The van der Waals surface area contributed by atoms with E-state index in [-0.39, 0.29) is 0 Å². The van der Waals surface area contributed by atoms with Gasteiger partial charge in [0.15, 0.2) is 0 Å². The third-order valence-electron chi connectivity index (χ3n) is 0.907. The Bertz CT molecular complexity index is 38.2. The maximum absolute atomic E-state index is 2.12. The van der Waals surface area contributed by atoms with Crippen LogP contribution in [0.25, 0.3) is 0 Å². The molecule has 0 aromatic carbocycles. The first-order valence-corrected chi connectivity index (χ1v) is 1.73. The van der Waals surface area contributed by atoms with E-state index in [1.165, 1.54) is 0 Å². The van der Waals surface area contributed by atoms with Crippen molar-refractivity contribution >= 4 is 0 Å². The molecule has 0 N–H and O–H groups in total. The van der Waals surface area contributed by atoms with Crippen LogP contribution < -0.4 is 0 Å². The minimum Gasteiger partial charge on any atom is -0.228 e. The van der Waals surface area contributed by atoms with Crippen molar-refractivity contribution in [2.45, 2.75) is 0 Å². The summed E-state index contributed by atoms with van der Waals surface area (Å²) in [6.07, 6.45) is 0. The van der Waals surface area contributed by atoms with Gasteiger partial charge in [0.1, 0.15) is 0 Å². The monoisotopic (exact) mass is 72.1 g/mol. The summed E-state index contributed by atoms with van der Waals surface area (Å²) >= 11 is 0. The van der Waals surface area contributed by atoms with Gasteiger partial charge in [-0.1, -0.05) is 0 Å². The first-order valence-electron chi connectivity index (χ1n) is 1.73. The summed E-state index contributed by atoms with van der Waals surface area (Å²) < 4.78 is 0. The molecule has 1 fully saturated rings. The molecular weight excluding hydrogens is 64.0 g/mol. The van der Waals surface area contributed by atoms with Crippen molar-refractivity contribution in [1.29, 1.82) is 0 Å². The van der Waals surface area contributed by atoms with Crippen LogP contribution >= 0.6 is 0 Å². The van der Waals surface area contributed by atoms with Crippen LogP contribution in [0.3, 0.4) is 0 Å². The van der Waals surface area contributed by atoms with Crippen LogP contribution in [0.1, 0.15) is 0 Å². The summed E-state index contributed by atoms with van der Waals surface area (Å²) in [6.45, 7) is 1.14. The molecule has 1 saturated heterocycles. The molecule has 0 aromatic heterocycles. The Morgan fingerprint density at radius 1 is 1.20 bits per heavy atom. The summed E-state index contributed by atoms with van der Waals surface area (Å²) in [5.74, 6) is 0. The lowest BCUT2D eigenvalue weighted by Crippen LogP contribution is -1.91. The maximum atomic E-state index is 2.12. The molecule has 1 aliphatic rings. The van der Waals surface area contributed by atoms with Crippen molar-refractivity contribution in [2.75, 3.05) is 20.8 Å². The molecule has 0 bridgehead atoms. The number of rotatable bonds is 0. The van der Waals surface area contributed by atoms with Gasteiger partial charge in [0.2, 0.25) is 0 Å². The topological polar surface area (TPSA) is 6.02 Å². The summed E-state index contributed by atoms with van der Waals surface area (Å²) in [5.41, 5.74) is 0. The molecule has 0 spiro atoms. The van der Waals surface area contributed by atoms with E-state index >= 15 is 0 Å². The number of hydrogen-bond acceptors (Lipinski definition) is 2. The molecule has 0 saturated carbocycles. The fourth-order valence-electron chi connectivity index (χ4n) is 0.268. The first kappa shape index (κ1) is 3.12. The number of hydrogen-bond donors (Lipinski definition) is 0. The maximum Gasteiger partial charge on any atom is 0.0781 e. The van der Waals surface area contributed by atoms with Gasteiger partial charge >= 0.3 is 0 Å². The Hall–Kier alpha value is -0.0800. The third-order valence-corrected chi connectivity index (χ3v) is 0.907. The Kier molecular flexibility index (Phi) is 0.436. The van der Waals surface area contributed by atoms with Crippen LogP contribution in [-0.4, -0.2) is 30.8 Å². The molecule has 1 aliphatic heterocycles. The van der Waals surface area contributed by atoms with Crippen LogP contribution in [0.15, 0.2) is 0 Å². The van der Waals surface area contributed by atoms with Crippen molar-refractivity contribution in [2.24, 2.45) is 0 Å². The highest BCUT2D eigenvalue weighted by Crippen LogP contribution is 2.03. The van der Waals surface area contributed by atoms with Gasteiger partial charge in [-0.2, -0.15) is 0 Å². The van der Waals surface area contributed by atoms with Crippen molar-refractivity contribution in [1.82, 2.24) is 10.0 Å². The Labute approximate surface area is 32.0 Å². The van der Waals surface area contributed by atoms with E-state index in [2.05, 4.69) is 24.1 Å². The second-order valence-corrected chi connectivity index (χ2v) is 1.46. The van der Waals surface area contributed by atoms with E-state index in [4.69, 9.17) is 0 Å². The highest BCUT2D eigenvalue weighted by atomic mass is 15.8. The van der Waals surface area contributed by atoms with E-state index < -0.39 is 0 Å². The molecule has 0 amide bonds. The summed E-state index contributed by atoms with van der Waals surface area (Å²) in [6, 6.07) is 0. The second-order valence-electron chi connectivity index (χ2n) is 1.46. The zero-order chi connectivity index (χ0) is 3.86. The molecule has 2 nitrogen and oxygen atoms in total. The van der Waals surface area contributed by atoms with Crippen molar-refractivity contribution in [3.8, 4) is 0 Å². The van der Waals surface area contributed by atoms with Gasteiger partial charge in [-0.3, -0.25) is 0 Å². The minimum absolute atomic E-state index is 1.14. The van der Waals surface area contributed by atoms with E-state index in [1.54, 1.807) is 0 Å². The smallest absolute Gasteiger partial charge is 0.0781 e. The zero-order valence-electron chi connectivity index (χ0n) is 3.60. The second kappa shape index (κ2) is 0.698. The normalized spacial score (nSPS) is 49.2. The van der Waals surface area contributed by atoms with E-state index in [9.17, 15) is 0 Å². The van der Waals surface area contributed by atoms with Crippen LogP contribution in [0.4, 0.5) is 0 Å².